The molecule has 1 unspecified atom stereocenters. The van der Waals surface area contributed by atoms with Gasteiger partial charge in [0.15, 0.2) is 0 Å². The molecule has 15 heavy (non-hydrogen) atoms. The fourth-order valence-electron chi connectivity index (χ4n) is 1.46. The highest BCUT2D eigenvalue weighted by molar-refractivity contribution is 9.10. The number of hydrogen-bond donors (Lipinski definition) is 0. The number of hydrogen-bond acceptors (Lipinski definition) is 1. The molecule has 0 radical (unpaired) electrons. The lowest BCUT2D eigenvalue weighted by molar-refractivity contribution is 0.331. The summed E-state index contributed by atoms with van der Waals surface area (Å²) in [5.74, 6) is -0.201. The highest BCUT2D eigenvalue weighted by atomic mass is 79.9. The molecule has 1 aromatic rings. The standard InChI is InChI=1S/C11H14Br2FN/c1-8(12)6-15(2)7-9-4-3-5-10(14)11(9)13/h3-5,8H,6-7H2,1-2H3. The lowest BCUT2D eigenvalue weighted by Crippen LogP contribution is -2.24. The minimum Gasteiger partial charge on any atom is -0.301 e. The van der Waals surface area contributed by atoms with E-state index in [1.165, 1.54) is 6.07 Å². The molecule has 1 aromatic carbocycles. The van der Waals surface area contributed by atoms with Gasteiger partial charge in [0.05, 0.1) is 4.47 Å². The van der Waals surface area contributed by atoms with Crippen molar-refractivity contribution in [2.45, 2.75) is 18.3 Å². The normalized spacial score (nSPS) is 13.2. The fraction of sp³-hybridized carbons (Fsp3) is 0.455. The van der Waals surface area contributed by atoms with Crippen molar-refractivity contribution in [2.24, 2.45) is 0 Å². The molecule has 0 saturated heterocycles. The van der Waals surface area contributed by atoms with E-state index in [9.17, 15) is 4.39 Å². The second-order valence-electron chi connectivity index (χ2n) is 3.69. The van der Waals surface area contributed by atoms with Crippen LogP contribution in [0.5, 0.6) is 0 Å². The van der Waals surface area contributed by atoms with Gasteiger partial charge < -0.3 is 4.90 Å². The van der Waals surface area contributed by atoms with E-state index in [0.717, 1.165) is 18.7 Å². The van der Waals surface area contributed by atoms with Gasteiger partial charge in [0.2, 0.25) is 0 Å². The molecular formula is C11H14Br2FN. The Morgan fingerprint density at radius 1 is 1.47 bits per heavy atom. The van der Waals surface area contributed by atoms with E-state index in [-0.39, 0.29) is 5.82 Å². The first kappa shape index (κ1) is 13.1. The Hall–Kier alpha value is 0.0700. The molecule has 1 atom stereocenters. The van der Waals surface area contributed by atoms with Crippen molar-refractivity contribution in [3.63, 3.8) is 0 Å². The van der Waals surface area contributed by atoms with E-state index in [4.69, 9.17) is 0 Å². The molecule has 0 aliphatic heterocycles. The van der Waals surface area contributed by atoms with E-state index in [1.54, 1.807) is 6.07 Å². The molecule has 0 saturated carbocycles. The molecular weight excluding hydrogens is 325 g/mol. The Bertz CT molecular complexity index is 328. The minimum atomic E-state index is -0.201. The smallest absolute Gasteiger partial charge is 0.137 e. The molecule has 1 nitrogen and oxygen atoms in total. The highest BCUT2D eigenvalue weighted by Gasteiger charge is 2.08. The molecule has 1 rings (SSSR count). The van der Waals surface area contributed by atoms with Crippen LogP contribution >= 0.6 is 31.9 Å². The molecule has 0 aliphatic carbocycles. The van der Waals surface area contributed by atoms with Crippen LogP contribution in [-0.4, -0.2) is 23.3 Å². The number of benzene rings is 1. The van der Waals surface area contributed by atoms with Gasteiger partial charge in [0.1, 0.15) is 5.82 Å². The maximum atomic E-state index is 13.2. The molecule has 0 bridgehead atoms. The van der Waals surface area contributed by atoms with Crippen LogP contribution in [0.2, 0.25) is 0 Å². The first-order valence-corrected chi connectivity index (χ1v) is 6.47. The third-order valence-corrected chi connectivity index (χ3v) is 3.21. The number of nitrogens with zero attached hydrogens (tertiary/aromatic N) is 1. The average Bonchev–Trinajstić information content (AvgIpc) is 2.11. The number of rotatable bonds is 4. The summed E-state index contributed by atoms with van der Waals surface area (Å²) in [5.41, 5.74) is 0.977. The molecule has 4 heteroatoms. The van der Waals surface area contributed by atoms with E-state index in [2.05, 4.69) is 43.7 Å². The minimum absolute atomic E-state index is 0.201. The van der Waals surface area contributed by atoms with Crippen LogP contribution < -0.4 is 0 Å². The van der Waals surface area contributed by atoms with Crippen molar-refractivity contribution >= 4 is 31.9 Å². The van der Waals surface area contributed by atoms with E-state index in [0.29, 0.717) is 9.30 Å². The zero-order chi connectivity index (χ0) is 11.4. The zero-order valence-corrected chi connectivity index (χ0v) is 12.0. The second-order valence-corrected chi connectivity index (χ2v) is 6.05. The highest BCUT2D eigenvalue weighted by Crippen LogP contribution is 2.21. The maximum Gasteiger partial charge on any atom is 0.137 e. The first-order chi connectivity index (χ1) is 7.00. The molecule has 0 amide bonds. The SMILES string of the molecule is CC(Br)CN(C)Cc1cccc(F)c1Br. The van der Waals surface area contributed by atoms with Crippen LogP contribution in [0.3, 0.4) is 0 Å². The number of halogens is 3. The molecule has 0 spiro atoms. The third-order valence-electron chi connectivity index (χ3n) is 2.04. The van der Waals surface area contributed by atoms with Gasteiger partial charge >= 0.3 is 0 Å². The Morgan fingerprint density at radius 2 is 2.13 bits per heavy atom. The van der Waals surface area contributed by atoms with Crippen molar-refractivity contribution in [1.29, 1.82) is 0 Å². The zero-order valence-electron chi connectivity index (χ0n) is 8.80. The Morgan fingerprint density at radius 3 is 2.73 bits per heavy atom. The molecule has 0 fully saturated rings. The van der Waals surface area contributed by atoms with Crippen molar-refractivity contribution < 1.29 is 4.39 Å². The van der Waals surface area contributed by atoms with Crippen LogP contribution in [0.1, 0.15) is 12.5 Å². The Balaban J connectivity index is 2.68. The topological polar surface area (TPSA) is 3.24 Å². The van der Waals surface area contributed by atoms with Gasteiger partial charge in [0, 0.05) is 17.9 Å². The molecule has 0 aliphatic rings. The third kappa shape index (κ3) is 4.21. The summed E-state index contributed by atoms with van der Waals surface area (Å²) in [6.07, 6.45) is 0. The van der Waals surface area contributed by atoms with Gasteiger partial charge in [-0.15, -0.1) is 0 Å². The molecule has 0 N–H and O–H groups in total. The summed E-state index contributed by atoms with van der Waals surface area (Å²) in [6.45, 7) is 3.77. The van der Waals surface area contributed by atoms with Gasteiger partial charge in [-0.05, 0) is 34.6 Å². The van der Waals surface area contributed by atoms with Crippen molar-refractivity contribution in [2.75, 3.05) is 13.6 Å². The van der Waals surface area contributed by atoms with E-state index >= 15 is 0 Å². The second kappa shape index (κ2) is 5.97. The first-order valence-electron chi connectivity index (χ1n) is 4.76. The van der Waals surface area contributed by atoms with E-state index < -0.39 is 0 Å². The summed E-state index contributed by atoms with van der Waals surface area (Å²) in [6, 6.07) is 5.13. The summed E-state index contributed by atoms with van der Waals surface area (Å²) in [5, 5.41) is 0. The summed E-state index contributed by atoms with van der Waals surface area (Å²) in [7, 11) is 2.02. The van der Waals surface area contributed by atoms with Crippen molar-refractivity contribution in [3.8, 4) is 0 Å². The van der Waals surface area contributed by atoms with Gasteiger partial charge in [-0.1, -0.05) is 35.0 Å². The largest absolute Gasteiger partial charge is 0.301 e. The van der Waals surface area contributed by atoms with E-state index in [1.807, 2.05) is 13.1 Å². The van der Waals surface area contributed by atoms with Crippen LogP contribution in [0, 0.1) is 5.82 Å². The molecule has 84 valence electrons. The predicted octanol–water partition coefficient (Wildman–Crippen LogP) is 3.80. The van der Waals surface area contributed by atoms with Crippen LogP contribution in [-0.2, 0) is 6.54 Å². The van der Waals surface area contributed by atoms with Gasteiger partial charge in [-0.25, -0.2) is 4.39 Å². The lowest BCUT2D eigenvalue weighted by atomic mass is 10.2. The van der Waals surface area contributed by atoms with Gasteiger partial charge in [-0.2, -0.15) is 0 Å². The number of alkyl halides is 1. The van der Waals surface area contributed by atoms with Crippen LogP contribution in [0.15, 0.2) is 22.7 Å². The Kier molecular flexibility index (Phi) is 5.23. The van der Waals surface area contributed by atoms with Gasteiger partial charge in [0.25, 0.3) is 0 Å². The Labute approximate surface area is 107 Å². The summed E-state index contributed by atoms with van der Waals surface area (Å²) >= 11 is 6.76. The van der Waals surface area contributed by atoms with Crippen LogP contribution in [0.25, 0.3) is 0 Å². The monoisotopic (exact) mass is 337 g/mol. The predicted molar refractivity (Wildman–Crippen MR) is 68.8 cm³/mol. The van der Waals surface area contributed by atoms with Crippen LogP contribution in [0.4, 0.5) is 4.39 Å². The van der Waals surface area contributed by atoms with Crippen molar-refractivity contribution in [3.05, 3.63) is 34.1 Å². The quantitative estimate of drug-likeness (QED) is 0.755. The fourth-order valence-corrected chi connectivity index (χ4v) is 2.34. The summed E-state index contributed by atoms with van der Waals surface area (Å²) in [4.78, 5) is 2.59. The summed E-state index contributed by atoms with van der Waals surface area (Å²) < 4.78 is 13.8. The van der Waals surface area contributed by atoms with Crippen molar-refractivity contribution in [1.82, 2.24) is 4.90 Å². The average molecular weight is 339 g/mol. The lowest BCUT2D eigenvalue weighted by Gasteiger charge is -2.18. The maximum absolute atomic E-state index is 13.2. The molecule has 0 heterocycles. The molecule has 0 aromatic heterocycles. The van der Waals surface area contributed by atoms with Gasteiger partial charge in [-0.3, -0.25) is 0 Å².